The van der Waals surface area contributed by atoms with E-state index in [9.17, 15) is 14.4 Å². The number of nitrogens with two attached hydrogens (primary N) is 1. The summed E-state index contributed by atoms with van der Waals surface area (Å²) in [5, 5.41) is 0.794. The first kappa shape index (κ1) is 16.2. The monoisotopic (exact) mass is 327 g/mol. The predicted octanol–water partition coefficient (Wildman–Crippen LogP) is 1.39. The molecule has 0 unspecified atom stereocenters. The summed E-state index contributed by atoms with van der Waals surface area (Å²) in [6.45, 7) is 2.63. The van der Waals surface area contributed by atoms with Gasteiger partial charge in [0.25, 0.3) is 11.7 Å². The molecule has 6 nitrogen and oxygen atoms in total. The van der Waals surface area contributed by atoms with Crippen molar-refractivity contribution in [1.29, 1.82) is 0 Å². The van der Waals surface area contributed by atoms with Gasteiger partial charge in [0.1, 0.15) is 0 Å². The minimum absolute atomic E-state index is 0.205. The molecule has 24 heavy (non-hydrogen) atoms. The van der Waals surface area contributed by atoms with Crippen molar-refractivity contribution in [3.05, 3.63) is 35.5 Å². The molecule has 2 aromatic rings. The van der Waals surface area contributed by atoms with Crippen molar-refractivity contribution in [2.45, 2.75) is 19.8 Å². The standard InChI is InChI=1S/C18H21N3O3/c1-11-15(13-5-3-4-6-14(13)20(11)2)16(22)18(24)21-9-7-12(8-10-21)17(19)23/h3-6,12H,7-10H2,1-2H3,(H2,19,23). The summed E-state index contributed by atoms with van der Waals surface area (Å²) in [6, 6.07) is 7.57. The van der Waals surface area contributed by atoms with Crippen LogP contribution in [-0.4, -0.2) is 40.2 Å². The van der Waals surface area contributed by atoms with E-state index in [1.54, 1.807) is 0 Å². The number of primary amides is 1. The Morgan fingerprint density at radius 3 is 2.38 bits per heavy atom. The number of Topliss-reactive ketones (excluding diaryl/α,β-unsaturated/α-hetero) is 1. The smallest absolute Gasteiger partial charge is 0.295 e. The number of aromatic nitrogens is 1. The van der Waals surface area contributed by atoms with Crippen LogP contribution in [-0.2, 0) is 16.6 Å². The summed E-state index contributed by atoms with van der Waals surface area (Å²) in [5.41, 5.74) is 7.49. The highest BCUT2D eigenvalue weighted by molar-refractivity contribution is 6.45. The number of benzene rings is 1. The van der Waals surface area contributed by atoms with Gasteiger partial charge in [0.15, 0.2) is 0 Å². The maximum absolute atomic E-state index is 12.8. The van der Waals surface area contributed by atoms with Gasteiger partial charge in [-0.3, -0.25) is 14.4 Å². The fourth-order valence-electron chi connectivity index (χ4n) is 3.43. The summed E-state index contributed by atoms with van der Waals surface area (Å²) < 4.78 is 1.93. The highest BCUT2D eigenvalue weighted by Gasteiger charge is 2.31. The van der Waals surface area contributed by atoms with Crippen LogP contribution in [0.1, 0.15) is 28.9 Å². The number of hydrogen-bond acceptors (Lipinski definition) is 3. The molecule has 0 saturated carbocycles. The lowest BCUT2D eigenvalue weighted by Crippen LogP contribution is -2.44. The molecular formula is C18H21N3O3. The van der Waals surface area contributed by atoms with Gasteiger partial charge in [-0.1, -0.05) is 18.2 Å². The number of ketones is 1. The van der Waals surface area contributed by atoms with Gasteiger partial charge in [-0.15, -0.1) is 0 Å². The second-order valence-electron chi connectivity index (χ2n) is 6.33. The average molecular weight is 327 g/mol. The average Bonchev–Trinajstić information content (AvgIpc) is 2.85. The summed E-state index contributed by atoms with van der Waals surface area (Å²) in [4.78, 5) is 38.2. The Kier molecular flexibility index (Phi) is 4.13. The van der Waals surface area contributed by atoms with Gasteiger partial charge in [-0.05, 0) is 25.8 Å². The van der Waals surface area contributed by atoms with Crippen molar-refractivity contribution in [1.82, 2.24) is 9.47 Å². The number of carbonyl (C=O) groups excluding carboxylic acids is 3. The van der Waals surface area contributed by atoms with Crippen LogP contribution >= 0.6 is 0 Å². The molecule has 1 aliphatic rings. The van der Waals surface area contributed by atoms with E-state index >= 15 is 0 Å². The molecule has 0 aliphatic carbocycles. The molecule has 0 radical (unpaired) electrons. The quantitative estimate of drug-likeness (QED) is 0.683. The molecule has 0 spiro atoms. The second-order valence-corrected chi connectivity index (χ2v) is 6.33. The molecule has 1 aromatic heterocycles. The van der Waals surface area contributed by atoms with E-state index < -0.39 is 11.7 Å². The van der Waals surface area contributed by atoms with E-state index in [4.69, 9.17) is 5.73 Å². The third kappa shape index (κ3) is 2.58. The molecule has 1 fully saturated rings. The second kappa shape index (κ2) is 6.11. The highest BCUT2D eigenvalue weighted by atomic mass is 16.2. The van der Waals surface area contributed by atoms with Gasteiger partial charge in [-0.25, -0.2) is 0 Å². The minimum atomic E-state index is -0.502. The fourth-order valence-corrected chi connectivity index (χ4v) is 3.43. The zero-order valence-electron chi connectivity index (χ0n) is 13.9. The number of carbonyl (C=O) groups is 3. The molecule has 3 rings (SSSR count). The number of hydrogen-bond donors (Lipinski definition) is 1. The Balaban J connectivity index is 1.86. The largest absolute Gasteiger partial charge is 0.369 e. The highest BCUT2D eigenvalue weighted by Crippen LogP contribution is 2.26. The Hall–Kier alpha value is -2.63. The van der Waals surface area contributed by atoms with Gasteiger partial charge >= 0.3 is 0 Å². The number of aryl methyl sites for hydroxylation is 1. The molecule has 2 heterocycles. The van der Waals surface area contributed by atoms with Gasteiger partial charge in [-0.2, -0.15) is 0 Å². The number of nitrogens with zero attached hydrogens (tertiary/aromatic N) is 2. The van der Waals surface area contributed by atoms with E-state index in [0.717, 1.165) is 16.6 Å². The number of fused-ring (bicyclic) bond motifs is 1. The lowest BCUT2D eigenvalue weighted by Gasteiger charge is -2.30. The Morgan fingerprint density at radius 1 is 1.12 bits per heavy atom. The van der Waals surface area contributed by atoms with Crippen molar-refractivity contribution >= 4 is 28.5 Å². The van der Waals surface area contributed by atoms with Gasteiger partial charge in [0.05, 0.1) is 5.56 Å². The van der Waals surface area contributed by atoms with E-state index in [1.165, 1.54) is 4.90 Å². The van der Waals surface area contributed by atoms with Crippen LogP contribution in [0.25, 0.3) is 10.9 Å². The molecule has 2 N–H and O–H groups in total. The zero-order valence-corrected chi connectivity index (χ0v) is 13.9. The van der Waals surface area contributed by atoms with Crippen molar-refractivity contribution in [2.75, 3.05) is 13.1 Å². The minimum Gasteiger partial charge on any atom is -0.369 e. The number of amides is 2. The van der Waals surface area contributed by atoms with Crippen LogP contribution in [0.2, 0.25) is 0 Å². The van der Waals surface area contributed by atoms with Crippen molar-refractivity contribution in [2.24, 2.45) is 18.7 Å². The molecular weight excluding hydrogens is 306 g/mol. The van der Waals surface area contributed by atoms with Crippen LogP contribution in [0.3, 0.4) is 0 Å². The molecule has 2 amide bonds. The summed E-state index contributed by atoms with van der Waals surface area (Å²) in [6.07, 6.45) is 1.03. The lowest BCUT2D eigenvalue weighted by atomic mass is 9.95. The van der Waals surface area contributed by atoms with Gasteiger partial charge in [0, 0.05) is 42.7 Å². The summed E-state index contributed by atoms with van der Waals surface area (Å²) in [7, 11) is 1.89. The number of para-hydroxylation sites is 1. The van der Waals surface area contributed by atoms with Crippen molar-refractivity contribution < 1.29 is 14.4 Å². The van der Waals surface area contributed by atoms with Crippen LogP contribution < -0.4 is 5.73 Å². The molecule has 0 atom stereocenters. The maximum atomic E-state index is 12.8. The van der Waals surface area contributed by atoms with Crippen LogP contribution in [0.15, 0.2) is 24.3 Å². The SMILES string of the molecule is Cc1c(C(=O)C(=O)N2CCC(C(N)=O)CC2)c2ccccc2n1C. The molecule has 1 aromatic carbocycles. The molecule has 1 saturated heterocycles. The number of likely N-dealkylation sites (tertiary alicyclic amines) is 1. The van der Waals surface area contributed by atoms with E-state index in [-0.39, 0.29) is 11.8 Å². The van der Waals surface area contributed by atoms with Crippen LogP contribution in [0, 0.1) is 12.8 Å². The molecule has 1 aliphatic heterocycles. The lowest BCUT2D eigenvalue weighted by molar-refractivity contribution is -0.131. The summed E-state index contributed by atoms with van der Waals surface area (Å²) >= 11 is 0. The number of rotatable bonds is 3. The zero-order chi connectivity index (χ0) is 17.4. The van der Waals surface area contributed by atoms with Gasteiger partial charge in [0.2, 0.25) is 5.91 Å². The molecule has 0 bridgehead atoms. The Morgan fingerprint density at radius 2 is 1.75 bits per heavy atom. The van der Waals surface area contributed by atoms with E-state index in [0.29, 0.717) is 31.5 Å². The number of piperidine rings is 1. The fraction of sp³-hybridized carbons (Fsp3) is 0.389. The summed E-state index contributed by atoms with van der Waals surface area (Å²) in [5.74, 6) is -1.53. The first-order valence-corrected chi connectivity index (χ1v) is 8.08. The molecule has 6 heteroatoms. The third-order valence-corrected chi connectivity index (χ3v) is 5.01. The maximum Gasteiger partial charge on any atom is 0.295 e. The normalized spacial score (nSPS) is 15.7. The Bertz CT molecular complexity index is 829. The van der Waals surface area contributed by atoms with Crippen LogP contribution in [0.5, 0.6) is 0 Å². The van der Waals surface area contributed by atoms with Crippen LogP contribution in [0.4, 0.5) is 0 Å². The Labute approximate surface area is 140 Å². The third-order valence-electron chi connectivity index (χ3n) is 5.01. The van der Waals surface area contributed by atoms with Crippen molar-refractivity contribution in [3.8, 4) is 0 Å². The van der Waals surface area contributed by atoms with E-state index in [2.05, 4.69) is 0 Å². The van der Waals surface area contributed by atoms with Crippen molar-refractivity contribution in [3.63, 3.8) is 0 Å². The van der Waals surface area contributed by atoms with E-state index in [1.807, 2.05) is 42.8 Å². The predicted molar refractivity (Wildman–Crippen MR) is 90.5 cm³/mol. The topological polar surface area (TPSA) is 85.4 Å². The van der Waals surface area contributed by atoms with Gasteiger partial charge < -0.3 is 15.2 Å². The first-order valence-electron chi connectivity index (χ1n) is 8.08. The molecule has 126 valence electrons. The first-order chi connectivity index (χ1) is 11.4.